The molecular weight excluding hydrogens is 351 g/mol. The molecule has 1 amide bonds. The Hall–Kier alpha value is -2.64. The molecule has 2 heterocycles. The smallest absolute Gasteiger partial charge is 0.231 e. The van der Waals surface area contributed by atoms with Crippen LogP contribution in [0.25, 0.3) is 10.6 Å². The second-order valence-corrected chi connectivity index (χ2v) is 7.02. The summed E-state index contributed by atoms with van der Waals surface area (Å²) < 4.78 is 13.3. The maximum atomic E-state index is 13.3. The van der Waals surface area contributed by atoms with Gasteiger partial charge in [0, 0.05) is 23.7 Å². The molecule has 0 aliphatic rings. The van der Waals surface area contributed by atoms with Gasteiger partial charge in [-0.15, -0.1) is 11.3 Å². The molecule has 1 aromatic carbocycles. The van der Waals surface area contributed by atoms with E-state index in [1.165, 1.54) is 23.5 Å². The molecule has 0 spiro atoms. The summed E-state index contributed by atoms with van der Waals surface area (Å²) in [6.45, 7) is 0.772. The molecule has 3 aromatic rings. The van der Waals surface area contributed by atoms with E-state index in [9.17, 15) is 9.18 Å². The third-order valence-corrected chi connectivity index (χ3v) is 4.50. The number of hydrogen-bond acceptors (Lipinski definition) is 5. The van der Waals surface area contributed by atoms with Gasteiger partial charge >= 0.3 is 0 Å². The molecule has 2 aromatic heterocycles. The van der Waals surface area contributed by atoms with Gasteiger partial charge < -0.3 is 10.2 Å². The van der Waals surface area contributed by atoms with Crippen molar-refractivity contribution in [2.75, 3.05) is 19.4 Å². The number of halogens is 1. The molecule has 1 N–H and O–H groups in total. The molecule has 7 heteroatoms. The molecule has 0 aliphatic heterocycles. The van der Waals surface area contributed by atoms with E-state index in [1.54, 1.807) is 18.3 Å². The molecule has 0 saturated heterocycles. The molecule has 0 fully saturated rings. The summed E-state index contributed by atoms with van der Waals surface area (Å²) in [6, 6.07) is 10.0. The third-order valence-electron chi connectivity index (χ3n) is 3.56. The zero-order valence-corrected chi connectivity index (χ0v) is 15.4. The maximum Gasteiger partial charge on any atom is 0.231 e. The summed E-state index contributed by atoms with van der Waals surface area (Å²) in [5, 5.41) is 5.31. The second kappa shape index (κ2) is 8.16. The minimum atomic E-state index is -0.305. The van der Waals surface area contributed by atoms with Crippen LogP contribution in [-0.2, 0) is 17.8 Å². The number of carbonyl (C=O) groups is 1. The van der Waals surface area contributed by atoms with E-state index in [0.29, 0.717) is 22.1 Å². The minimum Gasteiger partial charge on any atom is -0.310 e. The van der Waals surface area contributed by atoms with Crippen molar-refractivity contribution < 1.29 is 9.18 Å². The van der Waals surface area contributed by atoms with Crippen LogP contribution in [0.2, 0.25) is 0 Å². The summed E-state index contributed by atoms with van der Waals surface area (Å²) in [5.41, 5.74) is 2.43. The molecule has 5 nitrogen and oxygen atoms in total. The van der Waals surface area contributed by atoms with Gasteiger partial charge in [0.25, 0.3) is 0 Å². The second-order valence-electron chi connectivity index (χ2n) is 6.17. The lowest BCUT2D eigenvalue weighted by atomic mass is 10.2. The Balaban J connectivity index is 1.64. The van der Waals surface area contributed by atoms with Crippen molar-refractivity contribution in [3.8, 4) is 10.6 Å². The quantitative estimate of drug-likeness (QED) is 0.720. The van der Waals surface area contributed by atoms with Crippen LogP contribution in [0.15, 0.2) is 48.0 Å². The highest BCUT2D eigenvalue weighted by Crippen LogP contribution is 2.24. The summed E-state index contributed by atoms with van der Waals surface area (Å²) in [7, 11) is 3.97. The van der Waals surface area contributed by atoms with Crippen LogP contribution in [0.3, 0.4) is 0 Å². The highest BCUT2D eigenvalue weighted by molar-refractivity contribution is 7.13. The van der Waals surface area contributed by atoms with E-state index in [2.05, 4.69) is 15.3 Å². The van der Waals surface area contributed by atoms with Crippen molar-refractivity contribution >= 4 is 23.1 Å². The molecule has 134 valence electrons. The molecule has 0 atom stereocenters. The average molecular weight is 370 g/mol. The van der Waals surface area contributed by atoms with Crippen molar-refractivity contribution in [3.63, 3.8) is 0 Å². The molecule has 0 aliphatic carbocycles. The van der Waals surface area contributed by atoms with Crippen LogP contribution >= 0.6 is 11.3 Å². The molecule has 0 unspecified atom stereocenters. The Kier molecular flexibility index (Phi) is 5.70. The number of thiazole rings is 1. The molecular formula is C19H19FN4OS. The molecule has 3 rings (SSSR count). The fraction of sp³-hybridized carbons (Fsp3) is 0.211. The van der Waals surface area contributed by atoms with Crippen LogP contribution in [0.5, 0.6) is 0 Å². The third kappa shape index (κ3) is 4.93. The Labute approximate surface area is 155 Å². The van der Waals surface area contributed by atoms with Gasteiger partial charge in [-0.1, -0.05) is 12.1 Å². The molecule has 0 radical (unpaired) electrons. The van der Waals surface area contributed by atoms with Gasteiger partial charge in [0.2, 0.25) is 5.91 Å². The first kappa shape index (κ1) is 18.2. The monoisotopic (exact) mass is 370 g/mol. The van der Waals surface area contributed by atoms with Crippen molar-refractivity contribution in [3.05, 3.63) is 65.0 Å². The molecule has 0 saturated carbocycles. The Morgan fingerprint density at radius 2 is 2.12 bits per heavy atom. The van der Waals surface area contributed by atoms with E-state index < -0.39 is 0 Å². The fourth-order valence-electron chi connectivity index (χ4n) is 2.50. The van der Waals surface area contributed by atoms with E-state index >= 15 is 0 Å². The predicted molar refractivity (Wildman–Crippen MR) is 101 cm³/mol. The first-order chi connectivity index (χ1) is 12.5. The number of nitrogens with one attached hydrogen (secondary N) is 1. The fourth-order valence-corrected chi connectivity index (χ4v) is 3.32. The van der Waals surface area contributed by atoms with E-state index in [4.69, 9.17) is 0 Å². The topological polar surface area (TPSA) is 58.1 Å². The van der Waals surface area contributed by atoms with Gasteiger partial charge in [-0.05, 0) is 43.9 Å². The summed E-state index contributed by atoms with van der Waals surface area (Å²) in [6.07, 6.45) is 1.82. The number of carbonyl (C=O) groups excluding carboxylic acids is 1. The number of anilines is 1. The first-order valence-electron chi connectivity index (χ1n) is 8.09. The van der Waals surface area contributed by atoms with Gasteiger partial charge in [-0.3, -0.25) is 4.79 Å². The zero-order chi connectivity index (χ0) is 18.5. The Morgan fingerprint density at radius 3 is 2.88 bits per heavy atom. The Morgan fingerprint density at radius 1 is 1.27 bits per heavy atom. The number of aromatic nitrogens is 2. The van der Waals surface area contributed by atoms with E-state index in [1.807, 2.05) is 36.5 Å². The van der Waals surface area contributed by atoms with Gasteiger partial charge in [-0.2, -0.15) is 0 Å². The molecule has 0 bridgehead atoms. The van der Waals surface area contributed by atoms with Crippen LogP contribution < -0.4 is 5.32 Å². The van der Waals surface area contributed by atoms with Crippen LogP contribution in [0.4, 0.5) is 10.2 Å². The number of nitrogens with zero attached hydrogens (tertiary/aromatic N) is 3. The standard InChI is InChI=1S/C19H19FN4OS/c1-24(2)11-13-6-7-21-17(8-13)23-18(25)10-16-12-26-19(22-16)14-4-3-5-15(20)9-14/h3-9,12H,10-11H2,1-2H3,(H,21,23,25). The number of benzene rings is 1. The predicted octanol–water partition coefficient (Wildman–Crippen LogP) is 3.59. The lowest BCUT2D eigenvalue weighted by molar-refractivity contribution is -0.115. The minimum absolute atomic E-state index is 0.144. The maximum absolute atomic E-state index is 13.3. The lowest BCUT2D eigenvalue weighted by Crippen LogP contribution is -2.16. The van der Waals surface area contributed by atoms with Crippen molar-refractivity contribution in [2.45, 2.75) is 13.0 Å². The summed E-state index contributed by atoms with van der Waals surface area (Å²) >= 11 is 1.39. The van der Waals surface area contributed by atoms with E-state index in [-0.39, 0.29) is 18.1 Å². The highest BCUT2D eigenvalue weighted by atomic mass is 32.1. The number of rotatable bonds is 6. The van der Waals surface area contributed by atoms with Crippen molar-refractivity contribution in [1.29, 1.82) is 0 Å². The van der Waals surface area contributed by atoms with Gasteiger partial charge in [-0.25, -0.2) is 14.4 Å². The van der Waals surface area contributed by atoms with Gasteiger partial charge in [0.15, 0.2) is 0 Å². The van der Waals surface area contributed by atoms with Gasteiger partial charge in [0.1, 0.15) is 16.6 Å². The molecule has 26 heavy (non-hydrogen) atoms. The van der Waals surface area contributed by atoms with Crippen LogP contribution in [0, 0.1) is 5.82 Å². The van der Waals surface area contributed by atoms with Crippen LogP contribution in [0.1, 0.15) is 11.3 Å². The van der Waals surface area contributed by atoms with Crippen molar-refractivity contribution in [1.82, 2.24) is 14.9 Å². The zero-order valence-electron chi connectivity index (χ0n) is 14.6. The van der Waals surface area contributed by atoms with Crippen LogP contribution in [-0.4, -0.2) is 34.9 Å². The van der Waals surface area contributed by atoms with Crippen molar-refractivity contribution in [2.24, 2.45) is 0 Å². The summed E-state index contributed by atoms with van der Waals surface area (Å²) in [5.74, 6) is 0.0335. The number of amides is 1. The largest absolute Gasteiger partial charge is 0.310 e. The Bertz CT molecular complexity index is 910. The first-order valence-corrected chi connectivity index (χ1v) is 8.97. The lowest BCUT2D eigenvalue weighted by Gasteiger charge is -2.10. The SMILES string of the molecule is CN(C)Cc1ccnc(NC(=O)Cc2csc(-c3cccc(F)c3)n2)c1. The van der Waals surface area contributed by atoms with Gasteiger partial charge in [0.05, 0.1) is 12.1 Å². The number of hydrogen-bond donors (Lipinski definition) is 1. The average Bonchev–Trinajstić information content (AvgIpc) is 3.03. The highest BCUT2D eigenvalue weighted by Gasteiger charge is 2.11. The number of pyridine rings is 1. The van der Waals surface area contributed by atoms with E-state index in [0.717, 1.165) is 12.1 Å². The normalized spacial score (nSPS) is 10.9. The summed E-state index contributed by atoms with van der Waals surface area (Å²) in [4.78, 5) is 22.9.